The van der Waals surface area contributed by atoms with Crippen LogP contribution in [0, 0.1) is 0 Å². The molecule has 0 aliphatic rings. The highest BCUT2D eigenvalue weighted by atomic mass is 16.1. The van der Waals surface area contributed by atoms with Gasteiger partial charge in [0.15, 0.2) is 5.82 Å². The predicted molar refractivity (Wildman–Crippen MR) is 57.2 cm³/mol. The lowest BCUT2D eigenvalue weighted by atomic mass is 10.2. The van der Waals surface area contributed by atoms with Crippen LogP contribution in [0.5, 0.6) is 0 Å². The fourth-order valence-electron chi connectivity index (χ4n) is 1.25. The minimum Gasteiger partial charge on any atom is -0.352 e. The summed E-state index contributed by atoms with van der Waals surface area (Å²) in [5, 5.41) is 6.64. The Morgan fingerprint density at radius 1 is 1.50 bits per heavy atom. The van der Waals surface area contributed by atoms with E-state index in [2.05, 4.69) is 20.4 Å². The molecule has 2 aromatic heterocycles. The van der Waals surface area contributed by atoms with E-state index >= 15 is 0 Å². The largest absolute Gasteiger partial charge is 0.352 e. The van der Waals surface area contributed by atoms with Gasteiger partial charge in [0.1, 0.15) is 12.7 Å². The van der Waals surface area contributed by atoms with Crippen LogP contribution < -0.4 is 5.32 Å². The molecule has 0 saturated heterocycles. The normalized spacial score (nSPS) is 10.1. The molecule has 6 heteroatoms. The van der Waals surface area contributed by atoms with Crippen LogP contribution in [0.4, 0.5) is 0 Å². The third-order valence-electron chi connectivity index (χ3n) is 2.00. The van der Waals surface area contributed by atoms with Gasteiger partial charge in [-0.1, -0.05) is 0 Å². The quantitative estimate of drug-likeness (QED) is 0.808. The van der Waals surface area contributed by atoms with Gasteiger partial charge in [0.05, 0.1) is 5.56 Å². The number of nitrogens with one attached hydrogen (secondary N) is 1. The number of hydrogen-bond donors (Lipinski definition) is 1. The van der Waals surface area contributed by atoms with Crippen molar-refractivity contribution in [2.75, 3.05) is 6.54 Å². The first-order chi connectivity index (χ1) is 7.81. The monoisotopic (exact) mass is 217 g/mol. The van der Waals surface area contributed by atoms with Gasteiger partial charge in [0.25, 0.3) is 5.91 Å². The molecule has 0 unspecified atom stereocenters. The van der Waals surface area contributed by atoms with Crippen LogP contribution >= 0.6 is 0 Å². The first kappa shape index (κ1) is 10.3. The number of hydrogen-bond acceptors (Lipinski definition) is 4. The zero-order valence-corrected chi connectivity index (χ0v) is 8.79. The van der Waals surface area contributed by atoms with Gasteiger partial charge in [0.2, 0.25) is 0 Å². The predicted octanol–water partition coefficient (Wildman–Crippen LogP) is 0.412. The minimum atomic E-state index is -0.125. The SMILES string of the molecule is CCNC(=O)c1ccc(-n2cncn2)nc1. The summed E-state index contributed by atoms with van der Waals surface area (Å²) in [5.74, 6) is 0.505. The van der Waals surface area contributed by atoms with Crippen molar-refractivity contribution in [1.82, 2.24) is 25.1 Å². The first-order valence-electron chi connectivity index (χ1n) is 4.90. The molecule has 0 atom stereocenters. The third-order valence-corrected chi connectivity index (χ3v) is 2.00. The molecular weight excluding hydrogens is 206 g/mol. The fourth-order valence-corrected chi connectivity index (χ4v) is 1.25. The van der Waals surface area contributed by atoms with Crippen LogP contribution in [0.15, 0.2) is 31.0 Å². The van der Waals surface area contributed by atoms with Gasteiger partial charge in [-0.2, -0.15) is 5.10 Å². The summed E-state index contributed by atoms with van der Waals surface area (Å²) >= 11 is 0. The fraction of sp³-hybridized carbons (Fsp3) is 0.200. The van der Waals surface area contributed by atoms with Crippen molar-refractivity contribution in [3.8, 4) is 5.82 Å². The second-order valence-electron chi connectivity index (χ2n) is 3.10. The van der Waals surface area contributed by atoms with E-state index in [0.717, 1.165) is 0 Å². The zero-order valence-electron chi connectivity index (χ0n) is 8.79. The lowest BCUT2D eigenvalue weighted by Gasteiger charge is -2.02. The summed E-state index contributed by atoms with van der Waals surface area (Å²) in [6.07, 6.45) is 4.50. The number of nitrogens with zero attached hydrogens (tertiary/aromatic N) is 4. The second kappa shape index (κ2) is 4.52. The van der Waals surface area contributed by atoms with E-state index in [1.807, 2.05) is 6.92 Å². The molecule has 6 nitrogen and oxygen atoms in total. The molecule has 0 radical (unpaired) electrons. The molecule has 0 aliphatic heterocycles. The van der Waals surface area contributed by atoms with Crippen LogP contribution in [0.3, 0.4) is 0 Å². The molecule has 82 valence electrons. The Morgan fingerprint density at radius 2 is 2.38 bits per heavy atom. The Labute approximate surface area is 92.3 Å². The maximum Gasteiger partial charge on any atom is 0.252 e. The van der Waals surface area contributed by atoms with E-state index in [9.17, 15) is 4.79 Å². The van der Waals surface area contributed by atoms with Crippen LogP contribution in [-0.4, -0.2) is 32.2 Å². The Bertz CT molecular complexity index is 462. The Kier molecular flexibility index (Phi) is 2.90. The van der Waals surface area contributed by atoms with Crippen LogP contribution in [0.25, 0.3) is 5.82 Å². The van der Waals surface area contributed by atoms with Crippen molar-refractivity contribution < 1.29 is 4.79 Å². The minimum absolute atomic E-state index is 0.125. The first-order valence-corrected chi connectivity index (χ1v) is 4.90. The summed E-state index contributed by atoms with van der Waals surface area (Å²) in [6, 6.07) is 3.42. The number of carbonyl (C=O) groups is 1. The molecule has 0 saturated carbocycles. The molecule has 2 rings (SSSR count). The van der Waals surface area contributed by atoms with Crippen molar-refractivity contribution in [2.45, 2.75) is 6.92 Å². The Hall–Kier alpha value is -2.24. The maximum atomic E-state index is 11.5. The van der Waals surface area contributed by atoms with Gasteiger partial charge in [-0.15, -0.1) is 0 Å². The van der Waals surface area contributed by atoms with Crippen LogP contribution in [-0.2, 0) is 0 Å². The van der Waals surface area contributed by atoms with Crippen molar-refractivity contribution in [1.29, 1.82) is 0 Å². The van der Waals surface area contributed by atoms with E-state index in [1.54, 1.807) is 18.5 Å². The highest BCUT2D eigenvalue weighted by molar-refractivity contribution is 5.93. The Balaban J connectivity index is 2.20. The number of aromatic nitrogens is 4. The summed E-state index contributed by atoms with van der Waals surface area (Å²) in [7, 11) is 0. The van der Waals surface area contributed by atoms with E-state index in [4.69, 9.17) is 0 Å². The topological polar surface area (TPSA) is 72.7 Å². The van der Waals surface area contributed by atoms with E-state index in [-0.39, 0.29) is 5.91 Å². The average molecular weight is 217 g/mol. The molecule has 16 heavy (non-hydrogen) atoms. The Morgan fingerprint density at radius 3 is 2.94 bits per heavy atom. The van der Waals surface area contributed by atoms with Gasteiger partial charge in [-0.05, 0) is 19.1 Å². The van der Waals surface area contributed by atoms with E-state index < -0.39 is 0 Å². The summed E-state index contributed by atoms with van der Waals surface area (Å²) in [4.78, 5) is 19.4. The third kappa shape index (κ3) is 2.05. The van der Waals surface area contributed by atoms with Crippen molar-refractivity contribution in [3.05, 3.63) is 36.5 Å². The van der Waals surface area contributed by atoms with Gasteiger partial charge >= 0.3 is 0 Å². The van der Waals surface area contributed by atoms with E-state index in [1.165, 1.54) is 17.2 Å². The molecular formula is C10H11N5O. The van der Waals surface area contributed by atoms with E-state index in [0.29, 0.717) is 17.9 Å². The molecule has 0 aliphatic carbocycles. The molecule has 0 aromatic carbocycles. The smallest absolute Gasteiger partial charge is 0.252 e. The molecule has 0 spiro atoms. The molecule has 1 N–H and O–H groups in total. The number of carbonyl (C=O) groups excluding carboxylic acids is 1. The number of amides is 1. The number of pyridine rings is 1. The highest BCUT2D eigenvalue weighted by Gasteiger charge is 2.05. The van der Waals surface area contributed by atoms with Gasteiger partial charge in [-0.3, -0.25) is 4.79 Å². The van der Waals surface area contributed by atoms with Crippen molar-refractivity contribution in [2.24, 2.45) is 0 Å². The van der Waals surface area contributed by atoms with Crippen molar-refractivity contribution >= 4 is 5.91 Å². The molecule has 2 aromatic rings. The lowest BCUT2D eigenvalue weighted by Crippen LogP contribution is -2.22. The van der Waals surface area contributed by atoms with Crippen molar-refractivity contribution in [3.63, 3.8) is 0 Å². The zero-order chi connectivity index (χ0) is 11.4. The van der Waals surface area contributed by atoms with Gasteiger partial charge in [0, 0.05) is 12.7 Å². The molecule has 2 heterocycles. The highest BCUT2D eigenvalue weighted by Crippen LogP contribution is 2.03. The van der Waals surface area contributed by atoms with Gasteiger partial charge < -0.3 is 5.32 Å². The molecule has 0 bridgehead atoms. The standard InChI is InChI=1S/C10H11N5O/c1-2-12-10(16)8-3-4-9(13-5-8)15-7-11-6-14-15/h3-7H,2H2,1H3,(H,12,16). The van der Waals surface area contributed by atoms with Gasteiger partial charge in [-0.25, -0.2) is 14.6 Å². The molecule has 1 amide bonds. The molecule has 0 fully saturated rings. The maximum absolute atomic E-state index is 11.5. The summed E-state index contributed by atoms with van der Waals surface area (Å²) in [6.45, 7) is 2.47. The summed E-state index contributed by atoms with van der Waals surface area (Å²) < 4.78 is 1.53. The lowest BCUT2D eigenvalue weighted by molar-refractivity contribution is 0.0955. The second-order valence-corrected chi connectivity index (χ2v) is 3.10. The average Bonchev–Trinajstić information content (AvgIpc) is 2.83. The number of rotatable bonds is 3. The van der Waals surface area contributed by atoms with Crippen LogP contribution in [0.1, 0.15) is 17.3 Å². The van der Waals surface area contributed by atoms with Crippen LogP contribution in [0.2, 0.25) is 0 Å². The summed E-state index contributed by atoms with van der Waals surface area (Å²) in [5.41, 5.74) is 0.533.